The van der Waals surface area contributed by atoms with Crippen molar-refractivity contribution >= 4 is 23.4 Å². The van der Waals surface area contributed by atoms with Crippen LogP contribution in [0.5, 0.6) is 0 Å². The van der Waals surface area contributed by atoms with Crippen molar-refractivity contribution in [1.29, 1.82) is 0 Å². The highest BCUT2D eigenvalue weighted by Gasteiger charge is 2.57. The molecule has 2 aliphatic carbocycles. The Morgan fingerprint density at radius 2 is 1.97 bits per heavy atom. The van der Waals surface area contributed by atoms with Gasteiger partial charge in [-0.2, -0.15) is 18.3 Å². The van der Waals surface area contributed by atoms with Crippen LogP contribution < -0.4 is 5.32 Å². The molecule has 180 valence electrons. The van der Waals surface area contributed by atoms with E-state index in [0.717, 1.165) is 4.68 Å². The number of nitrogens with zero attached hydrogens (tertiary/aromatic N) is 3. The number of alkyl halides is 5. The second-order valence-corrected chi connectivity index (χ2v) is 9.81. The average molecular weight is 490 g/mol. The number of hydrogen-bond donors (Lipinski definition) is 1. The van der Waals surface area contributed by atoms with Crippen molar-refractivity contribution in [2.75, 3.05) is 18.7 Å². The summed E-state index contributed by atoms with van der Waals surface area (Å²) in [6.07, 6.45) is -2.05. The topological polar surface area (TPSA) is 69.0 Å². The van der Waals surface area contributed by atoms with Gasteiger partial charge in [0.2, 0.25) is 5.92 Å². The molecule has 1 amide bonds. The standard InChI is InChI=1S/C21H23F5N4O2S/c1-18(9-20(22,23)10-18)11-30-15(17(31)28-12-4-7-27-13(8-12)33-3)14(21(24,25)26)16(29-30)19(32-2)5-6-19/h4,7-8H,5-6,9-11H2,1-3H3,(H,27,28,31). The summed E-state index contributed by atoms with van der Waals surface area (Å²) in [7, 11) is 1.29. The zero-order valence-corrected chi connectivity index (χ0v) is 19.0. The summed E-state index contributed by atoms with van der Waals surface area (Å²) in [5.41, 5.74) is -4.24. The highest BCUT2D eigenvalue weighted by molar-refractivity contribution is 7.98. The van der Waals surface area contributed by atoms with E-state index in [2.05, 4.69) is 15.4 Å². The summed E-state index contributed by atoms with van der Waals surface area (Å²) in [4.78, 5) is 17.3. The minimum Gasteiger partial charge on any atom is -0.372 e. The number of rotatable bonds is 7. The van der Waals surface area contributed by atoms with Crippen LogP contribution in [0.25, 0.3) is 0 Å². The number of pyridine rings is 1. The van der Waals surface area contributed by atoms with Crippen molar-refractivity contribution in [2.45, 2.75) is 61.9 Å². The molecule has 0 bridgehead atoms. The van der Waals surface area contributed by atoms with Crippen LogP contribution in [0, 0.1) is 5.41 Å². The van der Waals surface area contributed by atoms with E-state index in [-0.39, 0.29) is 17.9 Å². The number of aromatic nitrogens is 3. The molecule has 0 aromatic carbocycles. The molecule has 2 aliphatic rings. The quantitative estimate of drug-likeness (QED) is 0.419. The molecule has 0 unspecified atom stereocenters. The summed E-state index contributed by atoms with van der Waals surface area (Å²) >= 11 is 1.31. The molecular weight excluding hydrogens is 467 g/mol. The lowest BCUT2D eigenvalue weighted by atomic mass is 9.67. The summed E-state index contributed by atoms with van der Waals surface area (Å²) in [6.45, 7) is 1.30. The molecular formula is C21H23F5N4O2S. The van der Waals surface area contributed by atoms with Crippen molar-refractivity contribution in [3.63, 3.8) is 0 Å². The van der Waals surface area contributed by atoms with Gasteiger partial charge in [0.1, 0.15) is 22.6 Å². The Hall–Kier alpha value is -2.21. The molecule has 0 saturated heterocycles. The smallest absolute Gasteiger partial charge is 0.372 e. The first-order chi connectivity index (χ1) is 15.3. The van der Waals surface area contributed by atoms with Gasteiger partial charge in [0.25, 0.3) is 5.91 Å². The van der Waals surface area contributed by atoms with E-state index in [9.17, 15) is 26.7 Å². The minimum atomic E-state index is -4.90. The molecule has 6 nitrogen and oxygen atoms in total. The van der Waals surface area contributed by atoms with Crippen LogP contribution >= 0.6 is 11.8 Å². The molecule has 0 radical (unpaired) electrons. The number of amides is 1. The van der Waals surface area contributed by atoms with Gasteiger partial charge in [-0.1, -0.05) is 6.92 Å². The molecule has 0 spiro atoms. The predicted molar refractivity (Wildman–Crippen MR) is 111 cm³/mol. The number of methoxy groups -OCH3 is 1. The maximum atomic E-state index is 14.3. The number of hydrogen-bond acceptors (Lipinski definition) is 5. The third kappa shape index (κ3) is 4.59. The van der Waals surface area contributed by atoms with Gasteiger partial charge >= 0.3 is 6.18 Å². The van der Waals surface area contributed by atoms with Crippen molar-refractivity contribution in [1.82, 2.24) is 14.8 Å². The molecule has 33 heavy (non-hydrogen) atoms. The van der Waals surface area contributed by atoms with Gasteiger partial charge < -0.3 is 10.1 Å². The Labute approximate surface area is 191 Å². The lowest BCUT2D eigenvalue weighted by Gasteiger charge is -2.44. The van der Waals surface area contributed by atoms with Gasteiger partial charge in [-0.25, -0.2) is 13.8 Å². The summed E-state index contributed by atoms with van der Waals surface area (Å²) in [5.74, 6) is -3.91. The number of carbonyl (C=O) groups excluding carboxylic acids is 1. The number of carbonyl (C=O) groups is 1. The van der Waals surface area contributed by atoms with E-state index in [1.807, 2.05) is 0 Å². The molecule has 2 fully saturated rings. The third-order valence-electron chi connectivity index (χ3n) is 6.08. The van der Waals surface area contributed by atoms with E-state index in [0.29, 0.717) is 17.9 Å². The van der Waals surface area contributed by atoms with Gasteiger partial charge in [-0.15, -0.1) is 11.8 Å². The van der Waals surface area contributed by atoms with Gasteiger partial charge in [0, 0.05) is 38.4 Å². The Balaban J connectivity index is 1.79. The van der Waals surface area contributed by atoms with Crippen LogP contribution in [0.1, 0.15) is 54.4 Å². The molecule has 0 atom stereocenters. The van der Waals surface area contributed by atoms with Crippen LogP contribution in [0.15, 0.2) is 23.4 Å². The summed E-state index contributed by atoms with van der Waals surface area (Å²) in [5, 5.41) is 7.20. The minimum absolute atomic E-state index is 0.249. The fourth-order valence-electron chi connectivity index (χ4n) is 4.51. The first-order valence-corrected chi connectivity index (χ1v) is 11.5. The molecule has 12 heteroatoms. The van der Waals surface area contributed by atoms with Crippen LogP contribution in [0.2, 0.25) is 0 Å². The molecule has 0 aliphatic heterocycles. The molecule has 2 saturated carbocycles. The highest BCUT2D eigenvalue weighted by atomic mass is 32.2. The Bertz CT molecular complexity index is 1070. The highest BCUT2D eigenvalue weighted by Crippen LogP contribution is 2.55. The number of halogens is 5. The first-order valence-electron chi connectivity index (χ1n) is 10.2. The normalized spacial score (nSPS) is 20.2. The second-order valence-electron chi connectivity index (χ2n) is 8.99. The summed E-state index contributed by atoms with van der Waals surface area (Å²) < 4.78 is 76.2. The lowest BCUT2D eigenvalue weighted by molar-refractivity contribution is -0.160. The maximum Gasteiger partial charge on any atom is 0.420 e. The molecule has 4 rings (SSSR count). The molecule has 2 aromatic heterocycles. The third-order valence-corrected chi connectivity index (χ3v) is 6.72. The fourth-order valence-corrected chi connectivity index (χ4v) is 4.92. The number of ether oxygens (including phenoxy) is 1. The SMILES string of the molecule is COC1(c2nn(CC3(C)CC(F)(F)C3)c(C(=O)Nc3ccnc(SC)c3)c2C(F)(F)F)CC1. The maximum absolute atomic E-state index is 14.3. The van der Waals surface area contributed by atoms with E-state index < -0.39 is 53.1 Å². The van der Waals surface area contributed by atoms with Gasteiger partial charge in [0.15, 0.2) is 0 Å². The van der Waals surface area contributed by atoms with Crippen molar-refractivity contribution in [3.8, 4) is 0 Å². The van der Waals surface area contributed by atoms with Crippen molar-refractivity contribution in [3.05, 3.63) is 35.3 Å². The zero-order chi connectivity index (χ0) is 24.2. The predicted octanol–water partition coefficient (Wildman–Crippen LogP) is 5.34. The monoisotopic (exact) mass is 490 g/mol. The van der Waals surface area contributed by atoms with E-state index in [1.165, 1.54) is 37.2 Å². The Morgan fingerprint density at radius 3 is 2.48 bits per heavy atom. The van der Waals surface area contributed by atoms with Crippen LogP contribution in [-0.2, 0) is 23.1 Å². The van der Waals surface area contributed by atoms with Crippen molar-refractivity contribution < 1.29 is 31.5 Å². The van der Waals surface area contributed by atoms with E-state index in [4.69, 9.17) is 4.74 Å². The molecule has 2 aromatic rings. The first kappa shape index (κ1) is 23.9. The Kier molecular flexibility index (Phi) is 5.75. The van der Waals surface area contributed by atoms with Gasteiger partial charge in [-0.3, -0.25) is 9.48 Å². The zero-order valence-electron chi connectivity index (χ0n) is 18.2. The van der Waals surface area contributed by atoms with Crippen molar-refractivity contribution in [2.24, 2.45) is 5.41 Å². The number of anilines is 1. The molecule has 1 N–H and O–H groups in total. The largest absolute Gasteiger partial charge is 0.420 e. The van der Waals surface area contributed by atoms with Crippen LogP contribution in [0.3, 0.4) is 0 Å². The van der Waals surface area contributed by atoms with Gasteiger partial charge in [-0.05, 0) is 36.6 Å². The van der Waals surface area contributed by atoms with E-state index >= 15 is 0 Å². The van der Waals surface area contributed by atoms with Gasteiger partial charge in [0.05, 0.1) is 5.03 Å². The van der Waals surface area contributed by atoms with Crippen LogP contribution in [-0.4, -0.2) is 40.0 Å². The second kappa shape index (κ2) is 7.93. The van der Waals surface area contributed by atoms with E-state index in [1.54, 1.807) is 13.2 Å². The molecule has 2 heterocycles. The number of nitrogens with one attached hydrogen (secondary N) is 1. The summed E-state index contributed by atoms with van der Waals surface area (Å²) in [6, 6.07) is 2.99. The lowest BCUT2D eigenvalue weighted by Crippen LogP contribution is -2.47. The number of thioether (sulfide) groups is 1. The fraction of sp³-hybridized carbons (Fsp3) is 0.571. The van der Waals surface area contributed by atoms with Crippen LogP contribution in [0.4, 0.5) is 27.6 Å². The Morgan fingerprint density at radius 1 is 1.30 bits per heavy atom. The average Bonchev–Trinajstić information content (AvgIpc) is 3.39.